The number of nitrogens with zero attached hydrogens (tertiary/aromatic N) is 4. The number of carbonyl (C=O) groups excluding carboxylic acids is 2. The van der Waals surface area contributed by atoms with E-state index < -0.39 is 0 Å². The van der Waals surface area contributed by atoms with Gasteiger partial charge in [-0.15, -0.1) is 0 Å². The molecule has 1 unspecified atom stereocenters. The van der Waals surface area contributed by atoms with Gasteiger partial charge in [0.05, 0.1) is 32.1 Å². The Morgan fingerprint density at radius 3 is 2.42 bits per heavy atom. The van der Waals surface area contributed by atoms with E-state index in [2.05, 4.69) is 4.90 Å². The van der Waals surface area contributed by atoms with E-state index in [1.807, 2.05) is 68.4 Å². The zero-order chi connectivity index (χ0) is 25.5. The summed E-state index contributed by atoms with van der Waals surface area (Å²) in [6.07, 6.45) is 0.605. The minimum Gasteiger partial charge on any atom is -0.497 e. The molecule has 8 heteroatoms. The summed E-state index contributed by atoms with van der Waals surface area (Å²) in [5.74, 6) is 0.382. The van der Waals surface area contributed by atoms with Crippen LogP contribution in [0.4, 0.5) is 0 Å². The van der Waals surface area contributed by atoms with E-state index in [0.29, 0.717) is 26.2 Å². The molecule has 2 aromatic rings. The minimum absolute atomic E-state index is 0.00405. The Balaban J connectivity index is 1.54. The second-order valence-corrected chi connectivity index (χ2v) is 9.51. The molecule has 2 heterocycles. The van der Waals surface area contributed by atoms with Crippen LogP contribution in [0.15, 0.2) is 59.7 Å². The number of rotatable bonds is 9. The van der Waals surface area contributed by atoms with Crippen molar-refractivity contribution in [1.82, 2.24) is 14.8 Å². The summed E-state index contributed by atoms with van der Waals surface area (Å²) in [6.45, 7) is 8.06. The lowest BCUT2D eigenvalue weighted by Gasteiger charge is -2.31. The van der Waals surface area contributed by atoms with Gasteiger partial charge in [0.1, 0.15) is 12.3 Å². The number of benzene rings is 2. The second-order valence-electron chi connectivity index (χ2n) is 9.51. The van der Waals surface area contributed by atoms with Gasteiger partial charge in [0.15, 0.2) is 0 Å². The van der Waals surface area contributed by atoms with Crippen LogP contribution < -0.4 is 4.74 Å². The fraction of sp³-hybridized carbons (Fsp3) is 0.464. The zero-order valence-corrected chi connectivity index (χ0v) is 21.4. The summed E-state index contributed by atoms with van der Waals surface area (Å²) >= 11 is 0. The molecular formula is C28H36N4O4. The van der Waals surface area contributed by atoms with Crippen LogP contribution in [0.1, 0.15) is 37.4 Å². The molecule has 0 bridgehead atoms. The van der Waals surface area contributed by atoms with Gasteiger partial charge in [-0.2, -0.15) is 5.10 Å². The van der Waals surface area contributed by atoms with Crippen molar-refractivity contribution in [3.63, 3.8) is 0 Å². The number of ether oxygens (including phenoxy) is 2. The molecular weight excluding hydrogens is 456 g/mol. The van der Waals surface area contributed by atoms with Crippen LogP contribution in [0, 0.1) is 5.92 Å². The van der Waals surface area contributed by atoms with E-state index in [0.717, 1.165) is 42.2 Å². The molecule has 0 radical (unpaired) electrons. The number of hydrogen-bond acceptors (Lipinski definition) is 6. The molecule has 2 aliphatic heterocycles. The first-order chi connectivity index (χ1) is 17.5. The topological polar surface area (TPSA) is 74.7 Å². The predicted octanol–water partition coefficient (Wildman–Crippen LogP) is 3.19. The lowest BCUT2D eigenvalue weighted by Crippen LogP contribution is -2.47. The van der Waals surface area contributed by atoms with Gasteiger partial charge in [0.25, 0.3) is 5.91 Å². The Morgan fingerprint density at radius 2 is 1.78 bits per heavy atom. The van der Waals surface area contributed by atoms with Crippen LogP contribution in [0.5, 0.6) is 5.75 Å². The largest absolute Gasteiger partial charge is 0.497 e. The van der Waals surface area contributed by atoms with Gasteiger partial charge in [-0.05, 0) is 35.4 Å². The molecule has 2 aromatic carbocycles. The monoisotopic (exact) mass is 492 g/mol. The maximum atomic E-state index is 13.7. The van der Waals surface area contributed by atoms with E-state index in [9.17, 15) is 9.59 Å². The van der Waals surface area contributed by atoms with E-state index in [-0.39, 0.29) is 30.3 Å². The van der Waals surface area contributed by atoms with Crippen molar-refractivity contribution < 1.29 is 19.1 Å². The smallest absolute Gasteiger partial charge is 0.262 e. The highest BCUT2D eigenvalue weighted by molar-refractivity contribution is 6.03. The standard InChI is InChI=1S/C28H36N4O4/c1-21(2)28(34)31(14-13-30-15-17-36-18-16-30)20-27(33)32-26(23-7-5-4-6-8-23)19-25(29-32)22-9-11-24(35-3)12-10-22/h4-12,21,26H,13-20H2,1-3H3. The number of morpholine rings is 1. The fourth-order valence-corrected chi connectivity index (χ4v) is 4.59. The Labute approximate surface area is 213 Å². The first kappa shape index (κ1) is 25.9. The highest BCUT2D eigenvalue weighted by Gasteiger charge is 2.34. The van der Waals surface area contributed by atoms with Crippen LogP contribution in [0.25, 0.3) is 0 Å². The van der Waals surface area contributed by atoms with Gasteiger partial charge in [0, 0.05) is 38.5 Å². The van der Waals surface area contributed by atoms with Crippen LogP contribution in [-0.4, -0.2) is 85.4 Å². The molecule has 8 nitrogen and oxygen atoms in total. The lowest BCUT2D eigenvalue weighted by molar-refractivity contribution is -0.143. The minimum atomic E-state index is -0.217. The zero-order valence-electron chi connectivity index (χ0n) is 21.4. The van der Waals surface area contributed by atoms with Gasteiger partial charge in [0.2, 0.25) is 5.91 Å². The molecule has 0 N–H and O–H groups in total. The van der Waals surface area contributed by atoms with Crippen molar-refractivity contribution in [2.75, 3.05) is 53.0 Å². The molecule has 1 saturated heterocycles. The number of amides is 2. The summed E-state index contributed by atoms with van der Waals surface area (Å²) in [7, 11) is 1.64. The molecule has 1 fully saturated rings. The Hall–Kier alpha value is -3.23. The third kappa shape index (κ3) is 6.30. The highest BCUT2D eigenvalue weighted by Crippen LogP contribution is 2.33. The maximum Gasteiger partial charge on any atom is 0.262 e. The number of hydrogen-bond donors (Lipinski definition) is 0. The van der Waals surface area contributed by atoms with Crippen LogP contribution in [0.3, 0.4) is 0 Å². The molecule has 2 aliphatic rings. The molecule has 192 valence electrons. The van der Waals surface area contributed by atoms with Crippen LogP contribution >= 0.6 is 0 Å². The summed E-state index contributed by atoms with van der Waals surface area (Å²) in [4.78, 5) is 30.7. The van der Waals surface area contributed by atoms with Gasteiger partial charge in [-0.3, -0.25) is 14.5 Å². The van der Waals surface area contributed by atoms with Crippen molar-refractivity contribution in [2.45, 2.75) is 26.3 Å². The van der Waals surface area contributed by atoms with E-state index >= 15 is 0 Å². The predicted molar refractivity (Wildman–Crippen MR) is 139 cm³/mol. The SMILES string of the molecule is COc1ccc(C2=NN(C(=O)CN(CCN3CCOCC3)C(=O)C(C)C)C(c3ccccc3)C2)cc1. The van der Waals surface area contributed by atoms with Gasteiger partial charge in [-0.1, -0.05) is 44.2 Å². The first-order valence-electron chi connectivity index (χ1n) is 12.6. The number of hydrazone groups is 1. The summed E-state index contributed by atoms with van der Waals surface area (Å²) in [6, 6.07) is 17.5. The van der Waals surface area contributed by atoms with Crippen molar-refractivity contribution >= 4 is 17.5 Å². The maximum absolute atomic E-state index is 13.7. The van der Waals surface area contributed by atoms with E-state index in [1.165, 1.54) is 0 Å². The third-order valence-corrected chi connectivity index (χ3v) is 6.70. The van der Waals surface area contributed by atoms with E-state index in [4.69, 9.17) is 14.6 Å². The summed E-state index contributed by atoms with van der Waals surface area (Å²) < 4.78 is 10.7. The summed E-state index contributed by atoms with van der Waals surface area (Å²) in [5, 5.41) is 6.35. The van der Waals surface area contributed by atoms with Crippen molar-refractivity contribution in [3.8, 4) is 5.75 Å². The number of carbonyl (C=O) groups is 2. The van der Waals surface area contributed by atoms with Gasteiger partial charge in [-0.25, -0.2) is 5.01 Å². The Bertz CT molecular complexity index is 1050. The average Bonchev–Trinajstić information content (AvgIpc) is 3.37. The quantitative estimate of drug-likeness (QED) is 0.538. The molecule has 0 aromatic heterocycles. The number of methoxy groups -OCH3 is 1. The Morgan fingerprint density at radius 1 is 1.08 bits per heavy atom. The molecule has 0 spiro atoms. The van der Waals surface area contributed by atoms with Crippen LogP contribution in [-0.2, 0) is 14.3 Å². The summed E-state index contributed by atoms with van der Waals surface area (Å²) in [5.41, 5.74) is 2.82. The lowest BCUT2D eigenvalue weighted by atomic mass is 9.98. The Kier molecular flexibility index (Phi) is 8.72. The average molecular weight is 493 g/mol. The third-order valence-electron chi connectivity index (χ3n) is 6.70. The van der Waals surface area contributed by atoms with Crippen molar-refractivity contribution in [2.24, 2.45) is 11.0 Å². The fourth-order valence-electron chi connectivity index (χ4n) is 4.59. The van der Waals surface area contributed by atoms with Gasteiger partial charge < -0.3 is 14.4 Å². The normalized spacial score (nSPS) is 18.3. The molecule has 0 aliphatic carbocycles. The molecule has 2 amide bonds. The molecule has 1 atom stereocenters. The van der Waals surface area contributed by atoms with Crippen molar-refractivity contribution in [1.29, 1.82) is 0 Å². The second kappa shape index (κ2) is 12.1. The van der Waals surface area contributed by atoms with Crippen LogP contribution in [0.2, 0.25) is 0 Å². The molecule has 0 saturated carbocycles. The van der Waals surface area contributed by atoms with Crippen molar-refractivity contribution in [3.05, 3.63) is 65.7 Å². The van der Waals surface area contributed by atoms with E-state index in [1.54, 1.807) is 17.0 Å². The highest BCUT2D eigenvalue weighted by atomic mass is 16.5. The van der Waals surface area contributed by atoms with Gasteiger partial charge >= 0.3 is 0 Å². The first-order valence-corrected chi connectivity index (χ1v) is 12.6. The molecule has 4 rings (SSSR count). The molecule has 36 heavy (non-hydrogen) atoms.